The summed E-state index contributed by atoms with van der Waals surface area (Å²) in [6.07, 6.45) is 1.38. The molecule has 1 aromatic carbocycles. The maximum absolute atomic E-state index is 12.1. The molecule has 1 aromatic heterocycles. The Hall–Kier alpha value is -1.96. The fraction of sp³-hybridized carbons (Fsp3) is 0.0833. The molecule has 0 fully saturated rings. The third kappa shape index (κ3) is 3.50. The summed E-state index contributed by atoms with van der Waals surface area (Å²) in [5.41, 5.74) is 3.20. The van der Waals surface area contributed by atoms with Crippen molar-refractivity contribution in [2.24, 2.45) is 5.84 Å². The number of aromatic nitrogens is 1. The monoisotopic (exact) mass is 278 g/mol. The van der Waals surface area contributed by atoms with E-state index in [1.165, 1.54) is 18.3 Å². The molecule has 0 bridgehead atoms. The van der Waals surface area contributed by atoms with E-state index in [1.807, 2.05) is 30.3 Å². The largest absolute Gasteiger partial charge is 0.308 e. The number of hydrogen-bond donors (Lipinski definition) is 3. The molecule has 100 valence electrons. The molecule has 2 aromatic rings. The van der Waals surface area contributed by atoms with Gasteiger partial charge < -0.3 is 5.43 Å². The van der Waals surface area contributed by atoms with Crippen molar-refractivity contribution in [2.45, 2.75) is 11.4 Å². The second-order valence-corrected chi connectivity index (χ2v) is 5.60. The molecule has 0 aliphatic heterocycles. The number of pyridine rings is 1. The summed E-state index contributed by atoms with van der Waals surface area (Å²) in [4.78, 5) is 3.98. The Bertz CT molecular complexity index is 644. The fourth-order valence-corrected chi connectivity index (χ4v) is 2.54. The van der Waals surface area contributed by atoms with E-state index in [4.69, 9.17) is 5.84 Å². The van der Waals surface area contributed by atoms with Crippen LogP contribution in [0.15, 0.2) is 53.6 Å². The van der Waals surface area contributed by atoms with Crippen LogP contribution in [0, 0.1) is 0 Å². The first-order chi connectivity index (χ1) is 9.12. The van der Waals surface area contributed by atoms with Gasteiger partial charge in [0.1, 0.15) is 5.82 Å². The van der Waals surface area contributed by atoms with Crippen LogP contribution in [0.4, 0.5) is 5.82 Å². The van der Waals surface area contributed by atoms with Gasteiger partial charge in [-0.2, -0.15) is 0 Å². The molecule has 0 radical (unpaired) electrons. The lowest BCUT2D eigenvalue weighted by Gasteiger charge is -2.07. The first kappa shape index (κ1) is 13.5. The third-order valence-electron chi connectivity index (χ3n) is 2.50. The van der Waals surface area contributed by atoms with Gasteiger partial charge in [-0.15, -0.1) is 0 Å². The Kier molecular flexibility index (Phi) is 4.10. The van der Waals surface area contributed by atoms with Crippen molar-refractivity contribution in [1.29, 1.82) is 0 Å². The SMILES string of the molecule is NNc1cc(S(=O)(=O)NCc2ccccc2)ccn1. The van der Waals surface area contributed by atoms with Gasteiger partial charge in [0.15, 0.2) is 0 Å². The summed E-state index contributed by atoms with van der Waals surface area (Å²) in [5.74, 6) is 5.49. The third-order valence-corrected chi connectivity index (χ3v) is 3.90. The number of nitrogens with two attached hydrogens (primary N) is 1. The number of anilines is 1. The number of nitrogens with zero attached hydrogens (tertiary/aromatic N) is 1. The van der Waals surface area contributed by atoms with E-state index in [9.17, 15) is 8.42 Å². The molecule has 0 amide bonds. The van der Waals surface area contributed by atoms with Gasteiger partial charge in [-0.1, -0.05) is 30.3 Å². The van der Waals surface area contributed by atoms with Gasteiger partial charge in [-0.05, 0) is 11.6 Å². The lowest BCUT2D eigenvalue weighted by Crippen LogP contribution is -2.23. The number of hydrogen-bond acceptors (Lipinski definition) is 5. The zero-order valence-corrected chi connectivity index (χ0v) is 10.9. The van der Waals surface area contributed by atoms with E-state index in [-0.39, 0.29) is 11.4 Å². The van der Waals surface area contributed by atoms with Crippen LogP contribution >= 0.6 is 0 Å². The molecular weight excluding hydrogens is 264 g/mol. The molecule has 2 rings (SSSR count). The average molecular weight is 278 g/mol. The topological polar surface area (TPSA) is 97.1 Å². The lowest BCUT2D eigenvalue weighted by atomic mass is 10.2. The Morgan fingerprint density at radius 2 is 1.89 bits per heavy atom. The number of rotatable bonds is 5. The molecular formula is C12H14N4O2S. The van der Waals surface area contributed by atoms with Crippen LogP contribution < -0.4 is 16.0 Å². The van der Waals surface area contributed by atoms with Crippen molar-refractivity contribution >= 4 is 15.8 Å². The van der Waals surface area contributed by atoms with Gasteiger partial charge in [0, 0.05) is 18.8 Å². The minimum atomic E-state index is -3.58. The van der Waals surface area contributed by atoms with Crippen LogP contribution in [0.1, 0.15) is 5.56 Å². The van der Waals surface area contributed by atoms with Crippen molar-refractivity contribution in [3.63, 3.8) is 0 Å². The van der Waals surface area contributed by atoms with Crippen LogP contribution in [0.5, 0.6) is 0 Å². The normalized spacial score (nSPS) is 11.2. The standard InChI is InChI=1S/C12H14N4O2S/c13-16-12-8-11(6-7-14-12)19(17,18)15-9-10-4-2-1-3-5-10/h1-8,15H,9,13H2,(H,14,16). The molecule has 0 spiro atoms. The van der Waals surface area contributed by atoms with Crippen molar-refractivity contribution < 1.29 is 8.42 Å². The molecule has 0 atom stereocenters. The number of nitrogen functional groups attached to an aromatic ring is 1. The van der Waals surface area contributed by atoms with Crippen LogP contribution in [-0.4, -0.2) is 13.4 Å². The highest BCUT2D eigenvalue weighted by Gasteiger charge is 2.14. The zero-order chi connectivity index (χ0) is 13.7. The zero-order valence-electron chi connectivity index (χ0n) is 10.1. The van der Waals surface area contributed by atoms with Gasteiger partial charge in [0.25, 0.3) is 0 Å². The first-order valence-electron chi connectivity index (χ1n) is 5.58. The summed E-state index contributed by atoms with van der Waals surface area (Å²) in [6.45, 7) is 0.233. The molecule has 19 heavy (non-hydrogen) atoms. The highest BCUT2D eigenvalue weighted by Crippen LogP contribution is 2.12. The van der Waals surface area contributed by atoms with Crippen LogP contribution in [0.25, 0.3) is 0 Å². The van der Waals surface area contributed by atoms with Crippen LogP contribution in [0.2, 0.25) is 0 Å². The van der Waals surface area contributed by atoms with Gasteiger partial charge in [0.2, 0.25) is 10.0 Å². The Morgan fingerprint density at radius 1 is 1.16 bits per heavy atom. The van der Waals surface area contributed by atoms with Crippen molar-refractivity contribution in [2.75, 3.05) is 5.43 Å². The summed E-state index contributed by atoms with van der Waals surface area (Å²) >= 11 is 0. The number of hydrazine groups is 1. The van der Waals surface area contributed by atoms with Gasteiger partial charge in [-0.25, -0.2) is 24.0 Å². The second-order valence-electron chi connectivity index (χ2n) is 3.83. The van der Waals surface area contributed by atoms with E-state index in [0.717, 1.165) is 5.56 Å². The molecule has 7 heteroatoms. The van der Waals surface area contributed by atoms with E-state index in [1.54, 1.807) is 0 Å². The molecule has 1 heterocycles. The first-order valence-corrected chi connectivity index (χ1v) is 7.06. The van der Waals surface area contributed by atoms with Crippen molar-refractivity contribution in [3.8, 4) is 0 Å². The molecule has 0 aliphatic carbocycles. The molecule has 4 N–H and O–H groups in total. The molecule has 0 aliphatic rings. The predicted octanol–water partition coefficient (Wildman–Crippen LogP) is 0.846. The quantitative estimate of drug-likeness (QED) is 0.556. The Balaban J connectivity index is 2.14. The van der Waals surface area contributed by atoms with Gasteiger partial charge in [0.05, 0.1) is 4.90 Å². The maximum Gasteiger partial charge on any atom is 0.241 e. The van der Waals surface area contributed by atoms with Crippen LogP contribution in [-0.2, 0) is 16.6 Å². The maximum atomic E-state index is 12.1. The Labute approximate surface area is 111 Å². The smallest absolute Gasteiger partial charge is 0.241 e. The number of sulfonamides is 1. The van der Waals surface area contributed by atoms with E-state index in [2.05, 4.69) is 15.1 Å². The highest BCUT2D eigenvalue weighted by atomic mass is 32.2. The lowest BCUT2D eigenvalue weighted by molar-refractivity contribution is 0.581. The van der Waals surface area contributed by atoms with Crippen molar-refractivity contribution in [1.82, 2.24) is 9.71 Å². The second kappa shape index (κ2) is 5.79. The molecule has 0 unspecified atom stereocenters. The van der Waals surface area contributed by atoms with E-state index >= 15 is 0 Å². The summed E-state index contributed by atoms with van der Waals surface area (Å²) in [5, 5.41) is 0. The van der Waals surface area contributed by atoms with Crippen molar-refractivity contribution in [3.05, 3.63) is 54.2 Å². The summed E-state index contributed by atoms with van der Waals surface area (Å²) in [6, 6.07) is 12.1. The molecule has 0 saturated carbocycles. The van der Waals surface area contributed by atoms with E-state index < -0.39 is 10.0 Å². The molecule has 6 nitrogen and oxygen atoms in total. The molecule has 0 saturated heterocycles. The highest BCUT2D eigenvalue weighted by molar-refractivity contribution is 7.89. The number of benzene rings is 1. The van der Waals surface area contributed by atoms with Gasteiger partial charge in [-0.3, -0.25) is 0 Å². The summed E-state index contributed by atoms with van der Waals surface area (Å²) < 4.78 is 26.7. The van der Waals surface area contributed by atoms with E-state index in [0.29, 0.717) is 5.82 Å². The minimum Gasteiger partial charge on any atom is -0.308 e. The Morgan fingerprint density at radius 3 is 2.58 bits per heavy atom. The average Bonchev–Trinajstić information content (AvgIpc) is 2.46. The summed E-state index contributed by atoms with van der Waals surface area (Å²) in [7, 11) is -3.58. The van der Waals surface area contributed by atoms with Crippen LogP contribution in [0.3, 0.4) is 0 Å². The van der Waals surface area contributed by atoms with Gasteiger partial charge >= 0.3 is 0 Å². The predicted molar refractivity (Wildman–Crippen MR) is 72.5 cm³/mol. The fourth-order valence-electron chi connectivity index (χ4n) is 1.51. The minimum absolute atomic E-state index is 0.117. The number of nitrogens with one attached hydrogen (secondary N) is 2.